The molecule has 0 N–H and O–H groups in total. The first-order valence-electron chi connectivity index (χ1n) is 8.51. The molecule has 1 saturated heterocycles. The van der Waals surface area contributed by atoms with E-state index in [-0.39, 0.29) is 22.1 Å². The number of nitro groups is 1. The normalized spacial score (nSPS) is 18.6. The molecule has 1 aliphatic heterocycles. The fraction of sp³-hybridized carbons (Fsp3) is 0.588. The highest BCUT2D eigenvalue weighted by molar-refractivity contribution is 7.90. The van der Waals surface area contributed by atoms with Gasteiger partial charge in [-0.3, -0.25) is 14.9 Å². The summed E-state index contributed by atoms with van der Waals surface area (Å²) < 4.78 is 23.6. The summed E-state index contributed by atoms with van der Waals surface area (Å²) in [7, 11) is -3.64. The molecule has 1 fully saturated rings. The van der Waals surface area contributed by atoms with Crippen LogP contribution >= 0.6 is 0 Å². The van der Waals surface area contributed by atoms with E-state index in [9.17, 15) is 23.3 Å². The van der Waals surface area contributed by atoms with Crippen molar-refractivity contribution in [2.75, 3.05) is 19.3 Å². The predicted molar refractivity (Wildman–Crippen MR) is 94.4 cm³/mol. The Hall–Kier alpha value is -1.96. The molecular formula is C17H24N2O5S. The maximum atomic E-state index is 12.8. The summed E-state index contributed by atoms with van der Waals surface area (Å²) in [6.07, 6.45) is 6.10. The molecule has 7 nitrogen and oxygen atoms in total. The van der Waals surface area contributed by atoms with Gasteiger partial charge in [-0.1, -0.05) is 19.8 Å². The van der Waals surface area contributed by atoms with E-state index in [0.29, 0.717) is 19.0 Å². The summed E-state index contributed by atoms with van der Waals surface area (Å²) in [4.78, 5) is 24.7. The second kappa shape index (κ2) is 7.95. The first kappa shape index (κ1) is 19.4. The Kier molecular flexibility index (Phi) is 6.16. The van der Waals surface area contributed by atoms with Crippen molar-refractivity contribution in [3.8, 4) is 0 Å². The first-order valence-corrected chi connectivity index (χ1v) is 10.4. The summed E-state index contributed by atoms with van der Waals surface area (Å²) in [5, 5.41) is 11.1. The number of hydrogen-bond donors (Lipinski definition) is 0. The van der Waals surface area contributed by atoms with Crippen LogP contribution < -0.4 is 0 Å². The summed E-state index contributed by atoms with van der Waals surface area (Å²) in [6.45, 7) is 3.33. The topological polar surface area (TPSA) is 97.6 Å². The molecule has 0 saturated carbocycles. The van der Waals surface area contributed by atoms with Crippen LogP contribution in [-0.4, -0.2) is 43.5 Å². The van der Waals surface area contributed by atoms with E-state index < -0.39 is 14.8 Å². The maximum Gasteiger partial charge on any atom is 0.271 e. The third-order valence-electron chi connectivity index (χ3n) is 4.61. The molecule has 1 aromatic carbocycles. The lowest BCUT2D eigenvalue weighted by atomic mass is 9.96. The van der Waals surface area contributed by atoms with Crippen molar-refractivity contribution in [2.45, 2.75) is 43.9 Å². The number of non-ortho nitro benzene ring substituents is 1. The average molecular weight is 368 g/mol. The first-order chi connectivity index (χ1) is 11.7. The molecule has 8 heteroatoms. The van der Waals surface area contributed by atoms with Gasteiger partial charge in [0, 0.05) is 37.0 Å². The van der Waals surface area contributed by atoms with Gasteiger partial charge in [0.1, 0.15) is 0 Å². The molecule has 1 aliphatic rings. The van der Waals surface area contributed by atoms with Gasteiger partial charge in [-0.25, -0.2) is 8.42 Å². The molecule has 0 radical (unpaired) electrons. The van der Waals surface area contributed by atoms with Crippen molar-refractivity contribution in [3.63, 3.8) is 0 Å². The zero-order chi connectivity index (χ0) is 18.6. The van der Waals surface area contributed by atoms with Crippen LogP contribution in [0.2, 0.25) is 0 Å². The van der Waals surface area contributed by atoms with Crippen LogP contribution in [0.3, 0.4) is 0 Å². The summed E-state index contributed by atoms with van der Waals surface area (Å²) in [5.74, 6) is 0.255. The Labute approximate surface area is 148 Å². The van der Waals surface area contributed by atoms with Crippen LogP contribution in [0.15, 0.2) is 23.1 Å². The number of rotatable bonds is 5. The fourth-order valence-electron chi connectivity index (χ4n) is 3.27. The van der Waals surface area contributed by atoms with E-state index in [1.807, 2.05) is 0 Å². The van der Waals surface area contributed by atoms with Crippen LogP contribution in [0.25, 0.3) is 0 Å². The lowest BCUT2D eigenvalue weighted by Gasteiger charge is -2.21. The number of nitro benzene ring substituents is 1. The Balaban J connectivity index is 2.29. The highest BCUT2D eigenvalue weighted by Gasteiger charge is 2.24. The predicted octanol–water partition coefficient (Wildman–Crippen LogP) is 3.04. The third kappa shape index (κ3) is 5.01. The van der Waals surface area contributed by atoms with Gasteiger partial charge in [-0.15, -0.1) is 0 Å². The second-order valence-corrected chi connectivity index (χ2v) is 8.64. The van der Waals surface area contributed by atoms with E-state index in [2.05, 4.69) is 6.92 Å². The molecule has 2 rings (SSSR count). The van der Waals surface area contributed by atoms with Crippen molar-refractivity contribution in [1.29, 1.82) is 0 Å². The number of sulfone groups is 1. The van der Waals surface area contributed by atoms with Crippen molar-refractivity contribution in [2.24, 2.45) is 5.92 Å². The Morgan fingerprint density at radius 1 is 1.28 bits per heavy atom. The van der Waals surface area contributed by atoms with Crippen molar-refractivity contribution >= 4 is 21.4 Å². The van der Waals surface area contributed by atoms with Gasteiger partial charge in [0.05, 0.1) is 9.82 Å². The lowest BCUT2D eigenvalue weighted by Crippen LogP contribution is -2.32. The van der Waals surface area contributed by atoms with Gasteiger partial charge in [0.2, 0.25) is 0 Å². The van der Waals surface area contributed by atoms with Crippen LogP contribution in [0, 0.1) is 16.0 Å². The molecule has 1 atom stereocenters. The van der Waals surface area contributed by atoms with Crippen molar-refractivity contribution in [3.05, 3.63) is 33.9 Å². The molecule has 0 aromatic heterocycles. The van der Waals surface area contributed by atoms with E-state index in [1.165, 1.54) is 6.07 Å². The molecule has 25 heavy (non-hydrogen) atoms. The zero-order valence-electron chi connectivity index (χ0n) is 14.6. The van der Waals surface area contributed by atoms with Crippen LogP contribution in [-0.2, 0) is 9.84 Å². The monoisotopic (exact) mass is 368 g/mol. The highest BCUT2D eigenvalue weighted by Crippen LogP contribution is 2.25. The summed E-state index contributed by atoms with van der Waals surface area (Å²) in [5.41, 5.74) is -0.325. The number of carbonyl (C=O) groups excluding carboxylic acids is 1. The van der Waals surface area contributed by atoms with E-state index in [0.717, 1.165) is 50.5 Å². The molecule has 1 heterocycles. The summed E-state index contributed by atoms with van der Waals surface area (Å²) in [6, 6.07) is 3.39. The Morgan fingerprint density at radius 3 is 2.60 bits per heavy atom. The van der Waals surface area contributed by atoms with E-state index >= 15 is 0 Å². The number of nitrogens with zero attached hydrogens (tertiary/aromatic N) is 2. The second-order valence-electron chi connectivity index (χ2n) is 6.62. The fourth-order valence-corrected chi connectivity index (χ4v) is 3.95. The number of benzene rings is 1. The molecule has 0 bridgehead atoms. The highest BCUT2D eigenvalue weighted by atomic mass is 32.2. The van der Waals surface area contributed by atoms with Gasteiger partial charge in [0.25, 0.3) is 11.6 Å². The number of carbonyl (C=O) groups is 1. The average Bonchev–Trinajstić information content (AvgIpc) is 2.79. The molecule has 0 spiro atoms. The Morgan fingerprint density at radius 2 is 2.00 bits per heavy atom. The van der Waals surface area contributed by atoms with Gasteiger partial charge < -0.3 is 4.90 Å². The van der Waals surface area contributed by atoms with Crippen LogP contribution in [0.5, 0.6) is 0 Å². The van der Waals surface area contributed by atoms with E-state index in [1.54, 1.807) is 4.90 Å². The smallest absolute Gasteiger partial charge is 0.271 e. The van der Waals surface area contributed by atoms with E-state index in [4.69, 9.17) is 0 Å². The molecule has 0 aliphatic carbocycles. The molecular weight excluding hydrogens is 344 g/mol. The number of amides is 1. The van der Waals surface area contributed by atoms with Gasteiger partial charge in [-0.2, -0.15) is 0 Å². The molecule has 1 aromatic rings. The number of hydrogen-bond acceptors (Lipinski definition) is 5. The Bertz CT molecular complexity index is 760. The minimum atomic E-state index is -3.64. The van der Waals surface area contributed by atoms with Crippen LogP contribution in [0.1, 0.15) is 49.4 Å². The van der Waals surface area contributed by atoms with Crippen molar-refractivity contribution in [1.82, 2.24) is 4.90 Å². The van der Waals surface area contributed by atoms with Gasteiger partial charge >= 0.3 is 0 Å². The quantitative estimate of drug-likeness (QED) is 0.588. The standard InChI is InChI=1S/C17H24N2O5S/c1-3-5-13-6-4-8-18(9-7-13)17(20)14-10-15(19(21)22)12-16(11-14)25(2,23)24/h10-13H,3-9H2,1-2H3. The number of likely N-dealkylation sites (tertiary alicyclic amines) is 1. The SMILES string of the molecule is CCCC1CCCN(C(=O)c2cc([N+](=O)[O-])cc(S(C)(=O)=O)c2)CC1. The summed E-state index contributed by atoms with van der Waals surface area (Å²) >= 11 is 0. The largest absolute Gasteiger partial charge is 0.339 e. The zero-order valence-corrected chi connectivity index (χ0v) is 15.4. The molecule has 1 unspecified atom stereocenters. The van der Waals surface area contributed by atoms with Gasteiger partial charge in [-0.05, 0) is 31.2 Å². The molecule has 1 amide bonds. The van der Waals surface area contributed by atoms with Crippen LogP contribution in [0.4, 0.5) is 5.69 Å². The van der Waals surface area contributed by atoms with Crippen molar-refractivity contribution < 1.29 is 18.1 Å². The maximum absolute atomic E-state index is 12.8. The molecule has 138 valence electrons. The van der Waals surface area contributed by atoms with Gasteiger partial charge in [0.15, 0.2) is 9.84 Å². The minimum absolute atomic E-state index is 0.0589. The lowest BCUT2D eigenvalue weighted by molar-refractivity contribution is -0.385. The minimum Gasteiger partial charge on any atom is -0.339 e. The third-order valence-corrected chi connectivity index (χ3v) is 5.70.